The predicted octanol–water partition coefficient (Wildman–Crippen LogP) is 3.13. The van der Waals surface area contributed by atoms with Gasteiger partial charge in [0, 0.05) is 24.6 Å². The number of carbonyl (C=O) groups is 1. The molecule has 1 aliphatic heterocycles. The van der Waals surface area contributed by atoms with Crippen LogP contribution in [0.5, 0.6) is 17.2 Å². The number of ether oxygens (including phenoxy) is 3. The first-order valence-electron chi connectivity index (χ1n) is 9.78. The number of rotatable bonds is 7. The highest BCUT2D eigenvalue weighted by molar-refractivity contribution is 7.89. The Morgan fingerprint density at radius 1 is 1.19 bits per heavy atom. The van der Waals surface area contributed by atoms with Gasteiger partial charge in [0.25, 0.3) is 5.91 Å². The Morgan fingerprint density at radius 3 is 2.65 bits per heavy atom. The lowest BCUT2D eigenvalue weighted by molar-refractivity contribution is 0.0950. The van der Waals surface area contributed by atoms with Crippen LogP contribution >= 0.6 is 11.6 Å². The van der Waals surface area contributed by atoms with E-state index in [1.54, 1.807) is 26.0 Å². The van der Waals surface area contributed by atoms with Crippen molar-refractivity contribution in [3.8, 4) is 17.2 Å². The summed E-state index contributed by atoms with van der Waals surface area (Å²) in [6.07, 6.45) is 0.755. The van der Waals surface area contributed by atoms with E-state index < -0.39 is 15.9 Å². The van der Waals surface area contributed by atoms with E-state index >= 15 is 0 Å². The lowest BCUT2D eigenvalue weighted by atomic mass is 10.1. The van der Waals surface area contributed by atoms with Crippen LogP contribution in [0, 0.1) is 0 Å². The minimum Gasteiger partial charge on any atom is -0.495 e. The molecule has 0 unspecified atom stereocenters. The maximum Gasteiger partial charge on any atom is 0.251 e. The van der Waals surface area contributed by atoms with Crippen molar-refractivity contribution in [3.05, 3.63) is 46.5 Å². The molecule has 168 valence electrons. The Balaban J connectivity index is 1.79. The molecule has 0 atom stereocenters. The van der Waals surface area contributed by atoms with Crippen LogP contribution in [-0.2, 0) is 16.6 Å². The molecule has 0 radical (unpaired) electrons. The van der Waals surface area contributed by atoms with E-state index in [-0.39, 0.29) is 28.8 Å². The number of halogens is 1. The molecule has 0 spiro atoms. The van der Waals surface area contributed by atoms with Gasteiger partial charge in [-0.3, -0.25) is 4.79 Å². The standard InChI is InChI=1S/C21H25ClN2O6S/c1-13(2)24-31(26,27)19-11-15(5-6-17(19)28-3)21(25)23-12-14-9-16(22)20-18(10-14)29-7-4-8-30-20/h5-6,9-11,13,24H,4,7-8,12H2,1-3H3,(H,23,25). The molecule has 0 saturated heterocycles. The summed E-state index contributed by atoms with van der Waals surface area (Å²) in [7, 11) is -2.48. The summed E-state index contributed by atoms with van der Waals surface area (Å²) in [6.45, 7) is 4.64. The van der Waals surface area contributed by atoms with Gasteiger partial charge in [0.05, 0.1) is 25.3 Å². The minimum atomic E-state index is -3.85. The van der Waals surface area contributed by atoms with Crippen LogP contribution in [0.25, 0.3) is 0 Å². The Hall–Kier alpha value is -2.49. The van der Waals surface area contributed by atoms with E-state index in [0.29, 0.717) is 29.7 Å². The monoisotopic (exact) mass is 468 g/mol. The smallest absolute Gasteiger partial charge is 0.251 e. The Labute approximate surface area is 186 Å². The van der Waals surface area contributed by atoms with Gasteiger partial charge in [-0.15, -0.1) is 0 Å². The third-order valence-electron chi connectivity index (χ3n) is 4.42. The predicted molar refractivity (Wildman–Crippen MR) is 117 cm³/mol. The normalized spacial score (nSPS) is 13.6. The van der Waals surface area contributed by atoms with Crippen LogP contribution in [0.4, 0.5) is 0 Å². The molecular weight excluding hydrogens is 444 g/mol. The molecule has 8 nitrogen and oxygen atoms in total. The van der Waals surface area contributed by atoms with Crippen molar-refractivity contribution in [2.75, 3.05) is 20.3 Å². The summed E-state index contributed by atoms with van der Waals surface area (Å²) in [6, 6.07) is 7.41. The number of sulfonamides is 1. The number of fused-ring (bicyclic) bond motifs is 1. The molecule has 1 heterocycles. The second-order valence-electron chi connectivity index (χ2n) is 7.28. The molecule has 1 amide bonds. The molecular formula is C21H25ClN2O6S. The first kappa shape index (κ1) is 23.2. The van der Waals surface area contributed by atoms with E-state index in [2.05, 4.69) is 10.0 Å². The van der Waals surface area contributed by atoms with Crippen LogP contribution in [0.1, 0.15) is 36.2 Å². The quantitative estimate of drug-likeness (QED) is 0.647. The molecule has 3 rings (SSSR count). The number of methoxy groups -OCH3 is 1. The molecule has 10 heteroatoms. The molecule has 0 aliphatic carbocycles. The largest absolute Gasteiger partial charge is 0.495 e. The van der Waals surface area contributed by atoms with E-state index in [0.717, 1.165) is 12.0 Å². The minimum absolute atomic E-state index is 0.102. The topological polar surface area (TPSA) is 103 Å². The van der Waals surface area contributed by atoms with E-state index in [9.17, 15) is 13.2 Å². The number of hydrogen-bond acceptors (Lipinski definition) is 6. The summed E-state index contributed by atoms with van der Waals surface area (Å²) in [4.78, 5) is 12.6. The van der Waals surface area contributed by atoms with E-state index in [1.165, 1.54) is 25.3 Å². The fraction of sp³-hybridized carbons (Fsp3) is 0.381. The fourth-order valence-electron chi connectivity index (χ4n) is 3.07. The average molecular weight is 469 g/mol. The fourth-order valence-corrected chi connectivity index (χ4v) is 4.81. The van der Waals surface area contributed by atoms with Gasteiger partial charge in [-0.1, -0.05) is 11.6 Å². The van der Waals surface area contributed by atoms with E-state index in [4.69, 9.17) is 25.8 Å². The third kappa shape index (κ3) is 5.61. The first-order valence-corrected chi connectivity index (χ1v) is 11.6. The Morgan fingerprint density at radius 2 is 1.94 bits per heavy atom. The Kier molecular flexibility index (Phi) is 7.30. The summed E-state index contributed by atoms with van der Waals surface area (Å²) >= 11 is 6.29. The van der Waals surface area contributed by atoms with Gasteiger partial charge < -0.3 is 19.5 Å². The second kappa shape index (κ2) is 9.76. The molecule has 0 bridgehead atoms. The lowest BCUT2D eigenvalue weighted by Crippen LogP contribution is -2.31. The van der Waals surface area contributed by atoms with E-state index in [1.807, 2.05) is 0 Å². The first-order chi connectivity index (χ1) is 14.7. The number of hydrogen-bond donors (Lipinski definition) is 2. The zero-order valence-electron chi connectivity index (χ0n) is 17.5. The van der Waals surface area contributed by atoms with Crippen LogP contribution in [0.3, 0.4) is 0 Å². The number of nitrogens with one attached hydrogen (secondary N) is 2. The van der Waals surface area contributed by atoms with Crippen LogP contribution in [-0.4, -0.2) is 40.7 Å². The zero-order chi connectivity index (χ0) is 22.6. The highest BCUT2D eigenvalue weighted by Crippen LogP contribution is 2.38. The van der Waals surface area contributed by atoms with Crippen molar-refractivity contribution in [1.29, 1.82) is 0 Å². The van der Waals surface area contributed by atoms with Gasteiger partial charge in [0.1, 0.15) is 10.6 Å². The highest BCUT2D eigenvalue weighted by atomic mass is 35.5. The summed E-state index contributed by atoms with van der Waals surface area (Å²) in [5.41, 5.74) is 0.913. The Bertz CT molecular complexity index is 1070. The van der Waals surface area contributed by atoms with Crippen molar-refractivity contribution in [2.45, 2.75) is 37.8 Å². The molecule has 0 saturated carbocycles. The lowest BCUT2D eigenvalue weighted by Gasteiger charge is -2.15. The molecule has 2 N–H and O–H groups in total. The summed E-state index contributed by atoms with van der Waals surface area (Å²) in [5, 5.41) is 3.18. The van der Waals surface area contributed by atoms with Crippen molar-refractivity contribution in [3.63, 3.8) is 0 Å². The van der Waals surface area contributed by atoms with Crippen LogP contribution < -0.4 is 24.2 Å². The van der Waals surface area contributed by atoms with Gasteiger partial charge >= 0.3 is 0 Å². The second-order valence-corrected chi connectivity index (χ2v) is 9.37. The number of benzene rings is 2. The SMILES string of the molecule is COc1ccc(C(=O)NCc2cc(Cl)c3c(c2)OCCCO3)cc1S(=O)(=O)NC(C)C. The van der Waals surface area contributed by atoms with Crippen LogP contribution in [0.15, 0.2) is 35.2 Å². The van der Waals surface area contributed by atoms with Crippen LogP contribution in [0.2, 0.25) is 5.02 Å². The van der Waals surface area contributed by atoms with Crippen molar-refractivity contribution in [1.82, 2.24) is 10.0 Å². The molecule has 0 fully saturated rings. The molecule has 2 aromatic carbocycles. The summed E-state index contributed by atoms with van der Waals surface area (Å²) < 4.78 is 44.2. The number of carbonyl (C=O) groups excluding carboxylic acids is 1. The van der Waals surface area contributed by atoms with Crippen molar-refractivity contribution < 1.29 is 27.4 Å². The van der Waals surface area contributed by atoms with Gasteiger partial charge in [-0.2, -0.15) is 0 Å². The summed E-state index contributed by atoms with van der Waals surface area (Å²) in [5.74, 6) is 0.745. The van der Waals surface area contributed by atoms with Gasteiger partial charge in [0.15, 0.2) is 11.5 Å². The van der Waals surface area contributed by atoms with Gasteiger partial charge in [0.2, 0.25) is 10.0 Å². The van der Waals surface area contributed by atoms with Crippen molar-refractivity contribution >= 4 is 27.5 Å². The van der Waals surface area contributed by atoms with Gasteiger partial charge in [-0.05, 0) is 49.7 Å². The van der Waals surface area contributed by atoms with Gasteiger partial charge in [-0.25, -0.2) is 13.1 Å². The zero-order valence-corrected chi connectivity index (χ0v) is 19.1. The maximum atomic E-state index is 12.7. The maximum absolute atomic E-state index is 12.7. The molecule has 0 aromatic heterocycles. The molecule has 2 aromatic rings. The number of amides is 1. The highest BCUT2D eigenvalue weighted by Gasteiger charge is 2.23. The average Bonchev–Trinajstić information content (AvgIpc) is 2.96. The van der Waals surface area contributed by atoms with Crippen molar-refractivity contribution in [2.24, 2.45) is 0 Å². The molecule has 1 aliphatic rings. The molecule has 31 heavy (non-hydrogen) atoms. The third-order valence-corrected chi connectivity index (χ3v) is 6.38.